The molecule has 0 aliphatic heterocycles. The van der Waals surface area contributed by atoms with Crippen LogP contribution in [0.25, 0.3) is 10.9 Å². The molecule has 1 saturated carbocycles. The van der Waals surface area contributed by atoms with E-state index in [2.05, 4.69) is 4.98 Å². The molecular weight excluding hydrogens is 250 g/mol. The molecule has 1 heterocycles. The number of ether oxygens (including phenoxy) is 1. The van der Waals surface area contributed by atoms with Crippen LogP contribution in [0.2, 0.25) is 0 Å². The summed E-state index contributed by atoms with van der Waals surface area (Å²) in [5.41, 5.74) is 1.06. The summed E-state index contributed by atoms with van der Waals surface area (Å²) in [6.07, 6.45) is 5.58. The lowest BCUT2D eigenvalue weighted by atomic mass is 9.90. The number of carbonyl (C=O) groups is 1. The number of rotatable bonds is 4. The van der Waals surface area contributed by atoms with Crippen molar-refractivity contribution < 1.29 is 9.53 Å². The number of aromatic nitrogens is 1. The van der Waals surface area contributed by atoms with Crippen LogP contribution in [-0.2, 0) is 4.74 Å². The molecule has 0 radical (unpaired) electrons. The van der Waals surface area contributed by atoms with Gasteiger partial charge in [-0.3, -0.25) is 9.78 Å². The molecule has 1 aliphatic carbocycles. The number of hydrogen-bond donors (Lipinski definition) is 0. The van der Waals surface area contributed by atoms with E-state index >= 15 is 0 Å². The van der Waals surface area contributed by atoms with E-state index in [0.717, 1.165) is 42.1 Å². The highest BCUT2D eigenvalue weighted by atomic mass is 16.5. The lowest BCUT2D eigenvalue weighted by Crippen LogP contribution is -2.38. The molecule has 104 valence electrons. The normalized spacial score (nSPS) is 17.4. The maximum absolute atomic E-state index is 12.9. The largest absolute Gasteiger partial charge is 0.367 e. The van der Waals surface area contributed by atoms with E-state index in [-0.39, 0.29) is 5.78 Å². The predicted molar refractivity (Wildman–Crippen MR) is 78.9 cm³/mol. The molecule has 20 heavy (non-hydrogen) atoms. The lowest BCUT2D eigenvalue weighted by molar-refractivity contribution is -0.0163. The van der Waals surface area contributed by atoms with Crippen molar-refractivity contribution in [2.24, 2.45) is 0 Å². The fourth-order valence-electron chi connectivity index (χ4n) is 3.14. The van der Waals surface area contributed by atoms with Gasteiger partial charge in [0.1, 0.15) is 5.60 Å². The standard InChI is InChI=1S/C17H19NO2/c1-2-20-17(9-3-4-10-17)16(19)14-7-8-15-13(12-14)6-5-11-18-15/h5-8,11-12H,2-4,9-10H2,1H3. The fourth-order valence-corrected chi connectivity index (χ4v) is 3.14. The average Bonchev–Trinajstić information content (AvgIpc) is 2.96. The van der Waals surface area contributed by atoms with Crippen molar-refractivity contribution in [3.63, 3.8) is 0 Å². The van der Waals surface area contributed by atoms with E-state index in [9.17, 15) is 4.79 Å². The van der Waals surface area contributed by atoms with E-state index in [1.54, 1.807) is 6.20 Å². The Kier molecular flexibility index (Phi) is 3.53. The van der Waals surface area contributed by atoms with Gasteiger partial charge in [-0.15, -0.1) is 0 Å². The van der Waals surface area contributed by atoms with Gasteiger partial charge < -0.3 is 4.74 Å². The van der Waals surface area contributed by atoms with Gasteiger partial charge in [0, 0.05) is 23.8 Å². The second-order valence-corrected chi connectivity index (χ2v) is 5.37. The van der Waals surface area contributed by atoms with Crippen LogP contribution in [0.5, 0.6) is 0 Å². The Bertz CT molecular complexity index is 630. The Morgan fingerprint density at radius 1 is 1.30 bits per heavy atom. The first-order chi connectivity index (χ1) is 9.75. The highest BCUT2D eigenvalue weighted by molar-refractivity contribution is 6.04. The van der Waals surface area contributed by atoms with Crippen LogP contribution in [0.3, 0.4) is 0 Å². The fraction of sp³-hybridized carbons (Fsp3) is 0.412. The zero-order chi connectivity index (χ0) is 14.0. The zero-order valence-corrected chi connectivity index (χ0v) is 11.8. The molecule has 3 nitrogen and oxygen atoms in total. The Labute approximate surface area is 119 Å². The smallest absolute Gasteiger partial charge is 0.194 e. The average molecular weight is 269 g/mol. The molecule has 2 aromatic rings. The van der Waals surface area contributed by atoms with Crippen LogP contribution in [-0.4, -0.2) is 23.0 Å². The molecule has 1 aromatic carbocycles. The van der Waals surface area contributed by atoms with Gasteiger partial charge in [0.2, 0.25) is 0 Å². The molecular formula is C17H19NO2. The number of fused-ring (bicyclic) bond motifs is 1. The Balaban J connectivity index is 1.98. The third kappa shape index (κ3) is 2.22. The van der Waals surface area contributed by atoms with E-state index in [1.807, 2.05) is 37.3 Å². The Morgan fingerprint density at radius 2 is 2.10 bits per heavy atom. The van der Waals surface area contributed by atoms with Crippen molar-refractivity contribution in [2.45, 2.75) is 38.2 Å². The summed E-state index contributed by atoms with van der Waals surface area (Å²) in [7, 11) is 0. The van der Waals surface area contributed by atoms with E-state index < -0.39 is 5.60 Å². The quantitative estimate of drug-likeness (QED) is 0.793. The lowest BCUT2D eigenvalue weighted by Gasteiger charge is -2.27. The molecule has 1 aliphatic rings. The highest BCUT2D eigenvalue weighted by Gasteiger charge is 2.42. The first-order valence-electron chi connectivity index (χ1n) is 7.29. The summed E-state index contributed by atoms with van der Waals surface area (Å²) in [4.78, 5) is 17.1. The highest BCUT2D eigenvalue weighted by Crippen LogP contribution is 2.36. The molecule has 0 saturated heterocycles. The number of ketones is 1. The van der Waals surface area contributed by atoms with Crippen molar-refractivity contribution in [3.05, 3.63) is 42.1 Å². The van der Waals surface area contributed by atoms with E-state index in [1.165, 1.54) is 0 Å². The van der Waals surface area contributed by atoms with Gasteiger partial charge in [-0.25, -0.2) is 0 Å². The van der Waals surface area contributed by atoms with Crippen LogP contribution in [0.4, 0.5) is 0 Å². The second kappa shape index (κ2) is 5.33. The van der Waals surface area contributed by atoms with Crippen molar-refractivity contribution in [1.29, 1.82) is 0 Å². The molecule has 0 bridgehead atoms. The van der Waals surface area contributed by atoms with Gasteiger partial charge in [-0.1, -0.05) is 6.07 Å². The number of benzene rings is 1. The minimum atomic E-state index is -0.593. The zero-order valence-electron chi connectivity index (χ0n) is 11.8. The Hall–Kier alpha value is -1.74. The minimum absolute atomic E-state index is 0.127. The van der Waals surface area contributed by atoms with Crippen LogP contribution in [0.1, 0.15) is 43.0 Å². The van der Waals surface area contributed by atoms with Gasteiger partial charge in [0.15, 0.2) is 5.78 Å². The van der Waals surface area contributed by atoms with Gasteiger partial charge >= 0.3 is 0 Å². The summed E-state index contributed by atoms with van der Waals surface area (Å²) in [5.74, 6) is 0.127. The van der Waals surface area contributed by atoms with Crippen molar-refractivity contribution in [1.82, 2.24) is 4.98 Å². The first-order valence-corrected chi connectivity index (χ1v) is 7.29. The second-order valence-electron chi connectivity index (χ2n) is 5.37. The van der Waals surface area contributed by atoms with Crippen molar-refractivity contribution >= 4 is 16.7 Å². The molecule has 0 N–H and O–H groups in total. The first kappa shape index (κ1) is 13.3. The molecule has 0 unspecified atom stereocenters. The van der Waals surface area contributed by atoms with Gasteiger partial charge in [0.05, 0.1) is 5.52 Å². The molecule has 1 aromatic heterocycles. The van der Waals surface area contributed by atoms with Crippen molar-refractivity contribution in [2.75, 3.05) is 6.61 Å². The predicted octanol–water partition coefficient (Wildman–Crippen LogP) is 3.77. The van der Waals surface area contributed by atoms with E-state index in [0.29, 0.717) is 6.61 Å². The van der Waals surface area contributed by atoms with E-state index in [4.69, 9.17) is 4.74 Å². The third-order valence-electron chi connectivity index (χ3n) is 4.11. The molecule has 3 rings (SSSR count). The summed E-state index contributed by atoms with van der Waals surface area (Å²) < 4.78 is 5.85. The molecule has 0 spiro atoms. The van der Waals surface area contributed by atoms with Gasteiger partial charge in [-0.05, 0) is 56.9 Å². The summed E-state index contributed by atoms with van der Waals surface area (Å²) in [6.45, 7) is 2.54. The Morgan fingerprint density at radius 3 is 2.85 bits per heavy atom. The minimum Gasteiger partial charge on any atom is -0.367 e. The molecule has 0 atom stereocenters. The summed E-state index contributed by atoms with van der Waals surface area (Å²) >= 11 is 0. The number of nitrogens with zero attached hydrogens (tertiary/aromatic N) is 1. The molecule has 3 heteroatoms. The van der Waals surface area contributed by atoms with Crippen LogP contribution in [0.15, 0.2) is 36.5 Å². The van der Waals surface area contributed by atoms with Crippen LogP contribution >= 0.6 is 0 Å². The monoisotopic (exact) mass is 269 g/mol. The number of hydrogen-bond acceptors (Lipinski definition) is 3. The molecule has 0 amide bonds. The van der Waals surface area contributed by atoms with Crippen LogP contribution in [0, 0.1) is 0 Å². The summed E-state index contributed by atoms with van der Waals surface area (Å²) in [5, 5.41) is 1.00. The molecule has 1 fully saturated rings. The van der Waals surface area contributed by atoms with Crippen LogP contribution < -0.4 is 0 Å². The van der Waals surface area contributed by atoms with Gasteiger partial charge in [-0.2, -0.15) is 0 Å². The number of Topliss-reactive ketones (excluding diaryl/α,β-unsaturated/α-hetero) is 1. The maximum atomic E-state index is 12.9. The van der Waals surface area contributed by atoms with Gasteiger partial charge in [0.25, 0.3) is 0 Å². The maximum Gasteiger partial charge on any atom is 0.194 e. The summed E-state index contributed by atoms with van der Waals surface area (Å²) in [6, 6.07) is 9.60. The topological polar surface area (TPSA) is 39.2 Å². The number of carbonyl (C=O) groups excluding carboxylic acids is 1. The number of pyridine rings is 1. The third-order valence-corrected chi connectivity index (χ3v) is 4.11. The van der Waals surface area contributed by atoms with Crippen molar-refractivity contribution in [3.8, 4) is 0 Å². The SMILES string of the molecule is CCOC1(C(=O)c2ccc3ncccc3c2)CCCC1.